The van der Waals surface area contributed by atoms with Crippen molar-refractivity contribution in [2.75, 3.05) is 0 Å². The summed E-state index contributed by atoms with van der Waals surface area (Å²) in [4.78, 5) is 25.8. The van der Waals surface area contributed by atoms with Crippen molar-refractivity contribution in [3.8, 4) is 0 Å². The maximum absolute atomic E-state index is 14.0. The molecule has 7 unspecified atom stereocenters. The average molecular weight is 537 g/mol. The van der Waals surface area contributed by atoms with E-state index in [4.69, 9.17) is 0 Å². The standard InChI is InChI=1S/C36H56O3/c1-22(2)7-6-8-23(3)29-11-12-30-27-10-9-26-19-24(13-16-34(26,4)31(27)15-17-35(29,30)5)32(37)36-18-14-25(20-36)28(21-36)33(38)39/h9,22-25,27-31H,6-8,10-21H2,1-5H3,(H,38,39)/t23-,24?,25?,27?,28?,29-,30?,31?,34+,35-,36?/m1/s1. The number of carboxylic acids is 1. The lowest BCUT2D eigenvalue weighted by Gasteiger charge is -2.58. The van der Waals surface area contributed by atoms with Crippen molar-refractivity contribution in [3.05, 3.63) is 11.6 Å². The van der Waals surface area contributed by atoms with Crippen LogP contribution in [0.4, 0.5) is 0 Å². The van der Waals surface area contributed by atoms with Crippen LogP contribution < -0.4 is 0 Å². The zero-order valence-corrected chi connectivity index (χ0v) is 25.6. The fourth-order valence-electron chi connectivity index (χ4n) is 12.2. The second-order valence-corrected chi connectivity index (χ2v) is 16.5. The number of rotatable bonds is 8. The van der Waals surface area contributed by atoms with E-state index in [9.17, 15) is 14.7 Å². The van der Waals surface area contributed by atoms with Crippen LogP contribution >= 0.6 is 0 Å². The number of aliphatic carboxylic acids is 1. The van der Waals surface area contributed by atoms with Crippen molar-refractivity contribution in [1.82, 2.24) is 0 Å². The van der Waals surface area contributed by atoms with Crippen molar-refractivity contribution in [3.63, 3.8) is 0 Å². The highest BCUT2D eigenvalue weighted by molar-refractivity contribution is 5.89. The van der Waals surface area contributed by atoms with Crippen molar-refractivity contribution in [1.29, 1.82) is 0 Å². The van der Waals surface area contributed by atoms with Crippen LogP contribution in [0.25, 0.3) is 0 Å². The van der Waals surface area contributed by atoms with Gasteiger partial charge in [0.2, 0.25) is 0 Å². The van der Waals surface area contributed by atoms with E-state index in [0.717, 1.165) is 74.0 Å². The van der Waals surface area contributed by atoms with Gasteiger partial charge in [0, 0.05) is 11.3 Å². The van der Waals surface area contributed by atoms with E-state index in [-0.39, 0.29) is 28.6 Å². The molecule has 0 heterocycles. The number of allylic oxidation sites excluding steroid dienone is 2. The van der Waals surface area contributed by atoms with Gasteiger partial charge < -0.3 is 5.11 Å². The number of carbonyl (C=O) groups excluding carboxylic acids is 1. The molecular formula is C36H56O3. The summed E-state index contributed by atoms with van der Waals surface area (Å²) in [5.74, 6) is 4.93. The number of fused-ring (bicyclic) bond motifs is 7. The van der Waals surface area contributed by atoms with Crippen molar-refractivity contribution in [2.24, 2.45) is 69.5 Å². The highest BCUT2D eigenvalue weighted by atomic mass is 16.4. The van der Waals surface area contributed by atoms with Crippen LogP contribution in [0.3, 0.4) is 0 Å². The van der Waals surface area contributed by atoms with E-state index in [1.807, 2.05) is 0 Å². The summed E-state index contributed by atoms with van der Waals surface area (Å²) < 4.78 is 0. The lowest BCUT2D eigenvalue weighted by molar-refractivity contribution is -0.144. The topological polar surface area (TPSA) is 54.4 Å². The van der Waals surface area contributed by atoms with E-state index < -0.39 is 5.97 Å². The first-order chi connectivity index (χ1) is 18.5. The number of carboxylic acid groups (broad SMARTS) is 1. The number of ketones is 1. The van der Waals surface area contributed by atoms with Crippen molar-refractivity contribution in [2.45, 2.75) is 131 Å². The summed E-state index contributed by atoms with van der Waals surface area (Å²) in [5, 5.41) is 9.71. The summed E-state index contributed by atoms with van der Waals surface area (Å²) in [6.07, 6.45) is 20.2. The van der Waals surface area contributed by atoms with E-state index in [1.165, 1.54) is 51.4 Å². The Bertz CT molecular complexity index is 1010. The molecule has 5 fully saturated rings. The Morgan fingerprint density at radius 3 is 2.46 bits per heavy atom. The molecule has 5 saturated carbocycles. The molecule has 0 aromatic heterocycles. The van der Waals surface area contributed by atoms with E-state index in [1.54, 1.807) is 5.57 Å². The third-order valence-corrected chi connectivity index (χ3v) is 14.3. The van der Waals surface area contributed by atoms with Gasteiger partial charge in [0.05, 0.1) is 5.92 Å². The molecule has 3 heteroatoms. The minimum absolute atomic E-state index is 0.128. The first-order valence-electron chi connectivity index (χ1n) is 16.9. The number of hydrogen-bond donors (Lipinski definition) is 1. The fourth-order valence-corrected chi connectivity index (χ4v) is 12.2. The van der Waals surface area contributed by atoms with Gasteiger partial charge in [-0.05, 0) is 129 Å². The molecule has 0 aromatic rings. The van der Waals surface area contributed by atoms with Crippen LogP contribution in [0.5, 0.6) is 0 Å². The highest BCUT2D eigenvalue weighted by Gasteiger charge is 2.61. The maximum atomic E-state index is 14.0. The Morgan fingerprint density at radius 2 is 1.74 bits per heavy atom. The van der Waals surface area contributed by atoms with E-state index in [0.29, 0.717) is 17.6 Å². The molecule has 39 heavy (non-hydrogen) atoms. The molecule has 6 aliphatic carbocycles. The maximum Gasteiger partial charge on any atom is 0.306 e. The molecule has 0 spiro atoms. The Labute approximate surface area is 238 Å². The van der Waals surface area contributed by atoms with Gasteiger partial charge in [-0.3, -0.25) is 9.59 Å². The third-order valence-electron chi connectivity index (χ3n) is 14.3. The second kappa shape index (κ2) is 10.0. The lowest BCUT2D eigenvalue weighted by atomic mass is 9.46. The minimum atomic E-state index is -0.671. The quantitative estimate of drug-likeness (QED) is 0.315. The predicted molar refractivity (Wildman–Crippen MR) is 157 cm³/mol. The molecule has 1 N–H and O–H groups in total. The molecule has 2 bridgehead atoms. The summed E-state index contributed by atoms with van der Waals surface area (Å²) in [5.41, 5.74) is 2.08. The molecule has 3 nitrogen and oxygen atoms in total. The number of Topliss-reactive ketones (excluding diaryl/α,β-unsaturated/α-hetero) is 1. The SMILES string of the molecule is CC(C)CCC[C@@H](C)[C@H]1CCC2C3CC=C4CC(C(=O)C56CCC(C5)C(C(=O)O)C6)CC[C@]4(C)C3CC[C@@]21C. The van der Waals surface area contributed by atoms with Crippen LogP contribution in [0, 0.1) is 69.5 Å². The third kappa shape index (κ3) is 4.41. The predicted octanol–water partition coefficient (Wildman–Crippen LogP) is 9.10. The second-order valence-electron chi connectivity index (χ2n) is 16.5. The monoisotopic (exact) mass is 536 g/mol. The molecule has 0 radical (unpaired) electrons. The zero-order chi connectivity index (χ0) is 27.7. The molecule has 0 saturated heterocycles. The first kappa shape index (κ1) is 28.0. The normalized spacial score (nSPS) is 47.3. The number of hydrogen-bond acceptors (Lipinski definition) is 2. The molecule has 0 aliphatic heterocycles. The minimum Gasteiger partial charge on any atom is -0.481 e. The Kier molecular flexibility index (Phi) is 7.19. The van der Waals surface area contributed by atoms with Crippen molar-refractivity contribution >= 4 is 11.8 Å². The van der Waals surface area contributed by atoms with Gasteiger partial charge in [0.25, 0.3) is 0 Å². The van der Waals surface area contributed by atoms with E-state index >= 15 is 0 Å². The number of carbonyl (C=O) groups is 2. The van der Waals surface area contributed by atoms with Gasteiger partial charge in [-0.15, -0.1) is 0 Å². The van der Waals surface area contributed by atoms with Gasteiger partial charge in [0.1, 0.15) is 5.78 Å². The largest absolute Gasteiger partial charge is 0.481 e. The molecule has 0 aromatic carbocycles. The summed E-state index contributed by atoms with van der Waals surface area (Å²) in [6, 6.07) is 0. The van der Waals surface area contributed by atoms with Crippen LogP contribution in [0.2, 0.25) is 0 Å². The molecular weight excluding hydrogens is 480 g/mol. The van der Waals surface area contributed by atoms with E-state index in [2.05, 4.69) is 40.7 Å². The summed E-state index contributed by atoms with van der Waals surface area (Å²) in [6.45, 7) is 12.5. The highest BCUT2D eigenvalue weighted by Crippen LogP contribution is 2.68. The zero-order valence-electron chi connectivity index (χ0n) is 25.6. The lowest BCUT2D eigenvalue weighted by Crippen LogP contribution is -2.51. The average Bonchev–Trinajstić information content (AvgIpc) is 3.59. The Hall–Kier alpha value is -1.12. The van der Waals surface area contributed by atoms with Gasteiger partial charge in [-0.2, -0.15) is 0 Å². The molecule has 6 rings (SSSR count). The summed E-state index contributed by atoms with van der Waals surface area (Å²) in [7, 11) is 0. The Morgan fingerprint density at radius 1 is 0.949 bits per heavy atom. The molecule has 218 valence electrons. The fraction of sp³-hybridized carbons (Fsp3) is 0.889. The van der Waals surface area contributed by atoms with Crippen LogP contribution in [-0.4, -0.2) is 16.9 Å². The summed E-state index contributed by atoms with van der Waals surface area (Å²) >= 11 is 0. The van der Waals surface area contributed by atoms with Crippen LogP contribution in [0.15, 0.2) is 11.6 Å². The van der Waals surface area contributed by atoms with Gasteiger partial charge in [-0.25, -0.2) is 0 Å². The van der Waals surface area contributed by atoms with Gasteiger partial charge >= 0.3 is 5.97 Å². The molecule has 6 aliphatic rings. The first-order valence-corrected chi connectivity index (χ1v) is 16.9. The molecule has 0 amide bonds. The molecule has 11 atom stereocenters. The Balaban J connectivity index is 1.15. The van der Waals surface area contributed by atoms with Crippen LogP contribution in [0.1, 0.15) is 131 Å². The smallest absolute Gasteiger partial charge is 0.306 e. The van der Waals surface area contributed by atoms with Crippen molar-refractivity contribution < 1.29 is 14.7 Å². The van der Waals surface area contributed by atoms with Crippen LogP contribution in [-0.2, 0) is 9.59 Å². The van der Waals surface area contributed by atoms with Gasteiger partial charge in [0.15, 0.2) is 0 Å². The van der Waals surface area contributed by atoms with Gasteiger partial charge in [-0.1, -0.05) is 65.5 Å².